The third kappa shape index (κ3) is 2.14. The van der Waals surface area contributed by atoms with Gasteiger partial charge in [0.2, 0.25) is 10.0 Å². The molecule has 1 aromatic rings. The first-order valence-corrected chi connectivity index (χ1v) is 7.70. The van der Waals surface area contributed by atoms with E-state index in [1.807, 2.05) is 0 Å². The zero-order valence-corrected chi connectivity index (χ0v) is 11.1. The normalized spacial score (nSPS) is 30.8. The smallest absolute Gasteiger partial charge is 0.243 e. The Morgan fingerprint density at radius 2 is 2.28 bits per heavy atom. The number of nitrogens with zero attached hydrogens (tertiary/aromatic N) is 1. The minimum absolute atomic E-state index is 0.000205. The molecule has 2 saturated heterocycles. The van der Waals surface area contributed by atoms with Gasteiger partial charge in [0.1, 0.15) is 4.90 Å². The minimum atomic E-state index is -3.62. The van der Waals surface area contributed by atoms with E-state index in [0.29, 0.717) is 0 Å². The molecule has 0 aliphatic carbocycles. The molecule has 0 saturated carbocycles. The van der Waals surface area contributed by atoms with Crippen LogP contribution in [0.5, 0.6) is 0 Å². The van der Waals surface area contributed by atoms with Gasteiger partial charge in [-0.2, -0.15) is 0 Å². The van der Waals surface area contributed by atoms with Gasteiger partial charge in [-0.05, 0) is 25.3 Å². The number of sulfonamides is 1. The lowest BCUT2D eigenvalue weighted by molar-refractivity contribution is 0.0996. The van der Waals surface area contributed by atoms with Gasteiger partial charge in [-0.15, -0.1) is 0 Å². The molecular formula is C11H13ClN2O3S. The fourth-order valence-corrected chi connectivity index (χ4v) is 4.29. The first-order chi connectivity index (χ1) is 8.56. The van der Waals surface area contributed by atoms with Crippen molar-refractivity contribution in [2.24, 2.45) is 0 Å². The lowest BCUT2D eigenvalue weighted by Crippen LogP contribution is -2.41. The summed E-state index contributed by atoms with van der Waals surface area (Å²) in [6.07, 6.45) is 5.60. The van der Waals surface area contributed by atoms with Crippen molar-refractivity contribution < 1.29 is 13.2 Å². The molecule has 3 unspecified atom stereocenters. The van der Waals surface area contributed by atoms with Crippen LogP contribution in [0, 0.1) is 0 Å². The molecule has 2 bridgehead atoms. The van der Waals surface area contributed by atoms with Crippen LogP contribution in [0.15, 0.2) is 23.4 Å². The van der Waals surface area contributed by atoms with Gasteiger partial charge < -0.3 is 4.74 Å². The SMILES string of the molecule is O=S(=O)(NC1CC2CCC1O2)c1cnccc1Cl. The number of nitrogens with one attached hydrogen (secondary N) is 1. The molecule has 3 heterocycles. The number of halogens is 1. The van der Waals surface area contributed by atoms with Crippen LogP contribution in [-0.4, -0.2) is 31.7 Å². The topological polar surface area (TPSA) is 68.3 Å². The zero-order valence-electron chi connectivity index (χ0n) is 9.54. The summed E-state index contributed by atoms with van der Waals surface area (Å²) in [6.45, 7) is 0. The van der Waals surface area contributed by atoms with E-state index in [9.17, 15) is 8.42 Å². The van der Waals surface area contributed by atoms with Gasteiger partial charge in [-0.3, -0.25) is 4.98 Å². The molecular weight excluding hydrogens is 276 g/mol. The van der Waals surface area contributed by atoms with Crippen LogP contribution in [0.2, 0.25) is 5.02 Å². The number of fused-ring (bicyclic) bond motifs is 2. The van der Waals surface area contributed by atoms with E-state index < -0.39 is 10.0 Å². The quantitative estimate of drug-likeness (QED) is 0.911. The van der Waals surface area contributed by atoms with E-state index in [1.165, 1.54) is 18.5 Å². The second-order valence-electron chi connectivity index (χ2n) is 4.64. The summed E-state index contributed by atoms with van der Waals surface area (Å²) in [4.78, 5) is 3.82. The van der Waals surface area contributed by atoms with Crippen molar-refractivity contribution in [3.63, 3.8) is 0 Å². The molecule has 0 aromatic carbocycles. The molecule has 2 fully saturated rings. The summed E-state index contributed by atoms with van der Waals surface area (Å²) >= 11 is 5.88. The van der Waals surface area contributed by atoms with Gasteiger partial charge in [0.15, 0.2) is 0 Å². The average molecular weight is 289 g/mol. The number of aromatic nitrogens is 1. The van der Waals surface area contributed by atoms with Gasteiger partial charge in [-0.1, -0.05) is 11.6 Å². The van der Waals surface area contributed by atoms with Crippen LogP contribution in [0.4, 0.5) is 0 Å². The predicted molar refractivity (Wildman–Crippen MR) is 65.9 cm³/mol. The fraction of sp³-hybridized carbons (Fsp3) is 0.545. The lowest BCUT2D eigenvalue weighted by atomic mass is 9.96. The van der Waals surface area contributed by atoms with Crippen LogP contribution >= 0.6 is 11.6 Å². The summed E-state index contributed by atoms with van der Waals surface area (Å²) in [6, 6.07) is 1.32. The largest absolute Gasteiger partial charge is 0.373 e. The lowest BCUT2D eigenvalue weighted by Gasteiger charge is -2.20. The maximum atomic E-state index is 12.2. The van der Waals surface area contributed by atoms with E-state index in [1.54, 1.807) is 0 Å². The summed E-state index contributed by atoms with van der Waals surface area (Å²) in [5.41, 5.74) is 0. The van der Waals surface area contributed by atoms with E-state index in [0.717, 1.165) is 19.3 Å². The zero-order chi connectivity index (χ0) is 12.8. The van der Waals surface area contributed by atoms with E-state index in [2.05, 4.69) is 9.71 Å². The Balaban J connectivity index is 1.82. The van der Waals surface area contributed by atoms with Crippen LogP contribution in [0.25, 0.3) is 0 Å². The first kappa shape index (κ1) is 12.3. The Kier molecular flexibility index (Phi) is 3.05. The maximum Gasteiger partial charge on any atom is 0.243 e. The molecule has 1 N–H and O–H groups in total. The molecule has 0 amide bonds. The maximum absolute atomic E-state index is 12.2. The van der Waals surface area contributed by atoms with Crippen LogP contribution in [0.1, 0.15) is 19.3 Å². The van der Waals surface area contributed by atoms with Gasteiger partial charge >= 0.3 is 0 Å². The van der Waals surface area contributed by atoms with Crippen molar-refractivity contribution >= 4 is 21.6 Å². The highest BCUT2D eigenvalue weighted by Crippen LogP contribution is 2.35. The summed E-state index contributed by atoms with van der Waals surface area (Å²) in [5, 5.41) is 0.182. The molecule has 7 heteroatoms. The van der Waals surface area contributed by atoms with E-state index >= 15 is 0 Å². The standard InChI is InChI=1S/C11H13ClN2O3S/c12-8-3-4-13-6-11(8)18(15,16)14-9-5-7-1-2-10(9)17-7/h3-4,6-7,9-10,14H,1-2,5H2. The van der Waals surface area contributed by atoms with Crippen LogP contribution in [0.3, 0.4) is 0 Å². The van der Waals surface area contributed by atoms with Gasteiger partial charge in [0, 0.05) is 12.4 Å². The fourth-order valence-electron chi connectivity index (χ4n) is 2.59. The highest BCUT2D eigenvalue weighted by molar-refractivity contribution is 7.89. The highest BCUT2D eigenvalue weighted by Gasteiger charge is 2.42. The first-order valence-electron chi connectivity index (χ1n) is 5.83. The highest BCUT2D eigenvalue weighted by atomic mass is 35.5. The molecule has 2 aliphatic rings. The third-order valence-corrected chi connectivity index (χ3v) is 5.40. The van der Waals surface area contributed by atoms with Crippen molar-refractivity contribution in [3.05, 3.63) is 23.5 Å². The molecule has 3 atom stereocenters. The van der Waals surface area contributed by atoms with Gasteiger partial charge in [0.05, 0.1) is 23.3 Å². The average Bonchev–Trinajstić information content (AvgIpc) is 2.90. The number of ether oxygens (including phenoxy) is 1. The van der Waals surface area contributed by atoms with E-state index in [4.69, 9.17) is 16.3 Å². The second-order valence-corrected chi connectivity index (χ2v) is 6.73. The molecule has 1 aromatic heterocycles. The van der Waals surface area contributed by atoms with Crippen molar-refractivity contribution in [1.82, 2.24) is 9.71 Å². The van der Waals surface area contributed by atoms with Crippen LogP contribution in [-0.2, 0) is 14.8 Å². The second kappa shape index (κ2) is 4.45. The molecule has 0 radical (unpaired) electrons. The van der Waals surface area contributed by atoms with Crippen molar-refractivity contribution in [2.45, 2.75) is 42.4 Å². The molecule has 18 heavy (non-hydrogen) atoms. The third-order valence-electron chi connectivity index (χ3n) is 3.44. The minimum Gasteiger partial charge on any atom is -0.373 e. The van der Waals surface area contributed by atoms with E-state index in [-0.39, 0.29) is 28.2 Å². The Labute approximate surface area is 111 Å². The Morgan fingerprint density at radius 1 is 1.44 bits per heavy atom. The van der Waals surface area contributed by atoms with Gasteiger partial charge in [0.25, 0.3) is 0 Å². The molecule has 98 valence electrons. The van der Waals surface area contributed by atoms with Crippen molar-refractivity contribution in [2.75, 3.05) is 0 Å². The predicted octanol–water partition coefficient (Wildman–Crippen LogP) is 1.33. The van der Waals surface area contributed by atoms with Crippen LogP contribution < -0.4 is 4.72 Å². The number of rotatable bonds is 3. The Hall–Kier alpha value is -0.690. The number of pyridine rings is 1. The summed E-state index contributed by atoms with van der Waals surface area (Å²) in [5.74, 6) is 0. The van der Waals surface area contributed by atoms with Crippen molar-refractivity contribution in [3.8, 4) is 0 Å². The summed E-state index contributed by atoms with van der Waals surface area (Å²) in [7, 11) is -3.62. The Bertz CT molecular complexity index is 563. The molecule has 5 nitrogen and oxygen atoms in total. The number of hydrogen-bond acceptors (Lipinski definition) is 4. The van der Waals surface area contributed by atoms with Gasteiger partial charge in [-0.25, -0.2) is 13.1 Å². The summed E-state index contributed by atoms with van der Waals surface area (Å²) < 4.78 is 32.7. The monoisotopic (exact) mass is 288 g/mol. The number of hydrogen-bond donors (Lipinski definition) is 1. The van der Waals surface area contributed by atoms with Crippen molar-refractivity contribution in [1.29, 1.82) is 0 Å². The molecule has 2 aliphatic heterocycles. The molecule has 3 rings (SSSR count). The Morgan fingerprint density at radius 3 is 2.89 bits per heavy atom. The molecule has 0 spiro atoms.